The number of nitrogens with zero attached hydrogens (tertiary/aromatic N) is 4. The lowest BCUT2D eigenvalue weighted by Crippen LogP contribution is -2.45. The van der Waals surface area contributed by atoms with Crippen molar-refractivity contribution in [2.24, 2.45) is 0 Å². The number of aromatic nitrogens is 3. The summed E-state index contributed by atoms with van der Waals surface area (Å²) in [7, 11) is 0. The molecule has 1 aliphatic rings. The van der Waals surface area contributed by atoms with Crippen molar-refractivity contribution in [3.8, 4) is 17.0 Å². The zero-order chi connectivity index (χ0) is 24.6. The van der Waals surface area contributed by atoms with Gasteiger partial charge in [0.25, 0.3) is 0 Å². The minimum atomic E-state index is -4.78. The van der Waals surface area contributed by atoms with Crippen molar-refractivity contribution in [2.45, 2.75) is 51.6 Å². The average molecular weight is 487 g/mol. The Balaban J connectivity index is 1.75. The molecular weight excluding hydrogens is 464 g/mol. The molecule has 0 unspecified atom stereocenters. The van der Waals surface area contributed by atoms with Crippen molar-refractivity contribution in [3.05, 3.63) is 41.8 Å². The van der Waals surface area contributed by atoms with Crippen LogP contribution in [0.15, 0.2) is 30.5 Å². The standard InChI is InChI=1S/C22H23F6N5O/c1-12(2)32-8-3-4-14(11-32)29-21-31-30-18(19-16(23)7-9-33(19)21)15-6-5-13(22(26,27)28)10-17(15)34-20(24)25/h5-7,9-10,12,14,20H,3-4,8,11H2,1-2H3,(H,29,31)/t14-/m1/s1. The first-order valence-corrected chi connectivity index (χ1v) is 10.7. The number of alkyl halides is 5. The number of fused-ring (bicyclic) bond motifs is 1. The van der Waals surface area contributed by atoms with Gasteiger partial charge in [-0.25, -0.2) is 4.39 Å². The second-order valence-electron chi connectivity index (χ2n) is 8.41. The molecule has 1 N–H and O–H groups in total. The summed E-state index contributed by atoms with van der Waals surface area (Å²) >= 11 is 0. The van der Waals surface area contributed by atoms with E-state index in [1.165, 1.54) is 10.6 Å². The average Bonchev–Trinajstić information content (AvgIpc) is 3.15. The summed E-state index contributed by atoms with van der Waals surface area (Å²) in [4.78, 5) is 2.30. The van der Waals surface area contributed by atoms with E-state index in [0.29, 0.717) is 18.2 Å². The van der Waals surface area contributed by atoms with Crippen molar-refractivity contribution in [1.82, 2.24) is 19.5 Å². The number of rotatable bonds is 6. The number of likely N-dealkylation sites (tertiary alicyclic amines) is 1. The fourth-order valence-electron chi connectivity index (χ4n) is 4.15. The van der Waals surface area contributed by atoms with Crippen LogP contribution in [0.25, 0.3) is 16.8 Å². The van der Waals surface area contributed by atoms with Crippen molar-refractivity contribution in [3.63, 3.8) is 0 Å². The molecule has 0 aliphatic carbocycles. The summed E-state index contributed by atoms with van der Waals surface area (Å²) in [5.74, 6) is -1.27. The van der Waals surface area contributed by atoms with E-state index in [1.807, 2.05) is 0 Å². The molecule has 0 spiro atoms. The van der Waals surface area contributed by atoms with Crippen LogP contribution in [0, 0.1) is 5.82 Å². The van der Waals surface area contributed by atoms with Crippen LogP contribution in [0.4, 0.5) is 32.3 Å². The maximum Gasteiger partial charge on any atom is 0.416 e. The molecule has 3 aromatic rings. The van der Waals surface area contributed by atoms with Crippen LogP contribution in [0.2, 0.25) is 0 Å². The highest BCUT2D eigenvalue weighted by Crippen LogP contribution is 2.39. The predicted octanol–water partition coefficient (Wildman–Crippen LogP) is 5.44. The van der Waals surface area contributed by atoms with E-state index in [9.17, 15) is 26.3 Å². The largest absolute Gasteiger partial charge is 0.434 e. The second kappa shape index (κ2) is 9.32. The van der Waals surface area contributed by atoms with Gasteiger partial charge in [-0.3, -0.25) is 9.30 Å². The third-order valence-electron chi connectivity index (χ3n) is 5.83. The zero-order valence-corrected chi connectivity index (χ0v) is 18.4. The lowest BCUT2D eigenvalue weighted by atomic mass is 10.0. The number of ether oxygens (including phenoxy) is 1. The topological polar surface area (TPSA) is 54.7 Å². The lowest BCUT2D eigenvalue weighted by molar-refractivity contribution is -0.138. The van der Waals surface area contributed by atoms with E-state index in [4.69, 9.17) is 0 Å². The number of piperidine rings is 1. The molecule has 0 saturated carbocycles. The molecule has 34 heavy (non-hydrogen) atoms. The fourth-order valence-corrected chi connectivity index (χ4v) is 4.15. The maximum atomic E-state index is 14.8. The lowest BCUT2D eigenvalue weighted by Gasteiger charge is -2.35. The Bertz CT molecular complexity index is 1160. The highest BCUT2D eigenvalue weighted by molar-refractivity contribution is 5.82. The predicted molar refractivity (Wildman–Crippen MR) is 113 cm³/mol. The molecule has 184 valence electrons. The number of anilines is 1. The van der Waals surface area contributed by atoms with Crippen LogP contribution < -0.4 is 10.1 Å². The number of benzene rings is 1. The minimum Gasteiger partial charge on any atom is -0.434 e. The number of nitrogens with one attached hydrogen (secondary N) is 1. The van der Waals surface area contributed by atoms with Crippen molar-refractivity contribution in [1.29, 1.82) is 0 Å². The SMILES string of the molecule is CC(C)N1CCC[C@@H](Nc2nnc(-c3ccc(C(F)(F)F)cc3OC(F)F)c3c(F)ccn23)C1. The molecule has 4 rings (SSSR count). The van der Waals surface area contributed by atoms with Gasteiger partial charge in [-0.15, -0.1) is 10.2 Å². The molecular formula is C22H23F6N5O. The second-order valence-corrected chi connectivity index (χ2v) is 8.41. The zero-order valence-electron chi connectivity index (χ0n) is 18.4. The van der Waals surface area contributed by atoms with E-state index >= 15 is 0 Å². The summed E-state index contributed by atoms with van der Waals surface area (Å²) in [6.45, 7) is 2.52. The van der Waals surface area contributed by atoms with Gasteiger partial charge < -0.3 is 10.1 Å². The number of halogens is 6. The Hall–Kier alpha value is -3.02. The van der Waals surface area contributed by atoms with Crippen LogP contribution in [0.3, 0.4) is 0 Å². The Morgan fingerprint density at radius 1 is 1.15 bits per heavy atom. The van der Waals surface area contributed by atoms with E-state index in [0.717, 1.165) is 38.1 Å². The van der Waals surface area contributed by atoms with Gasteiger partial charge in [0.2, 0.25) is 5.95 Å². The van der Waals surface area contributed by atoms with Gasteiger partial charge >= 0.3 is 12.8 Å². The molecule has 1 fully saturated rings. The first-order valence-electron chi connectivity index (χ1n) is 10.7. The van der Waals surface area contributed by atoms with Crippen LogP contribution in [0.1, 0.15) is 32.3 Å². The van der Waals surface area contributed by atoms with Crippen LogP contribution in [0.5, 0.6) is 5.75 Å². The molecule has 1 atom stereocenters. The summed E-state index contributed by atoms with van der Waals surface area (Å²) in [5.41, 5.74) is -1.76. The van der Waals surface area contributed by atoms with Crippen molar-refractivity contribution >= 4 is 11.5 Å². The Kier molecular flexibility index (Phi) is 6.61. The summed E-state index contributed by atoms with van der Waals surface area (Å²) < 4.78 is 85.7. The molecule has 1 aromatic carbocycles. The molecule has 3 heterocycles. The molecule has 0 amide bonds. The first kappa shape index (κ1) is 24.1. The smallest absolute Gasteiger partial charge is 0.416 e. The Labute approximate surface area is 191 Å². The molecule has 6 nitrogen and oxygen atoms in total. The quantitative estimate of drug-likeness (QED) is 0.470. The van der Waals surface area contributed by atoms with Gasteiger partial charge in [0.1, 0.15) is 17.0 Å². The minimum absolute atomic E-state index is 0.0220. The number of hydrogen-bond donors (Lipinski definition) is 1. The number of hydrogen-bond acceptors (Lipinski definition) is 5. The summed E-state index contributed by atoms with van der Waals surface area (Å²) in [5, 5.41) is 11.4. The van der Waals surface area contributed by atoms with Crippen molar-refractivity contribution in [2.75, 3.05) is 18.4 Å². The van der Waals surface area contributed by atoms with Gasteiger partial charge in [-0.1, -0.05) is 0 Å². The van der Waals surface area contributed by atoms with Gasteiger partial charge in [0, 0.05) is 30.4 Å². The Morgan fingerprint density at radius 3 is 2.59 bits per heavy atom. The molecule has 0 bridgehead atoms. The van der Waals surface area contributed by atoms with Gasteiger partial charge in [-0.05, 0) is 57.5 Å². The van der Waals surface area contributed by atoms with E-state index < -0.39 is 29.9 Å². The molecule has 1 aliphatic heterocycles. The fraction of sp³-hybridized carbons (Fsp3) is 0.455. The highest BCUT2D eigenvalue weighted by Gasteiger charge is 2.32. The summed E-state index contributed by atoms with van der Waals surface area (Å²) in [6.07, 6.45) is -1.56. The van der Waals surface area contributed by atoms with Gasteiger partial charge in [0.15, 0.2) is 5.82 Å². The van der Waals surface area contributed by atoms with Crippen LogP contribution >= 0.6 is 0 Å². The van der Waals surface area contributed by atoms with Gasteiger partial charge in [-0.2, -0.15) is 22.0 Å². The van der Waals surface area contributed by atoms with E-state index in [2.05, 4.69) is 39.0 Å². The molecule has 2 aromatic heterocycles. The van der Waals surface area contributed by atoms with Crippen LogP contribution in [-0.2, 0) is 6.18 Å². The normalized spacial score (nSPS) is 17.6. The van der Waals surface area contributed by atoms with Crippen LogP contribution in [-0.4, -0.2) is 51.3 Å². The van der Waals surface area contributed by atoms with E-state index in [1.54, 1.807) is 0 Å². The maximum absolute atomic E-state index is 14.8. The molecule has 12 heteroatoms. The molecule has 0 radical (unpaired) electrons. The Morgan fingerprint density at radius 2 is 1.91 bits per heavy atom. The van der Waals surface area contributed by atoms with Crippen molar-refractivity contribution < 1.29 is 31.1 Å². The first-order chi connectivity index (χ1) is 16.0. The monoisotopic (exact) mass is 487 g/mol. The third-order valence-corrected chi connectivity index (χ3v) is 5.83. The molecule has 1 saturated heterocycles. The highest BCUT2D eigenvalue weighted by atomic mass is 19.4. The third kappa shape index (κ3) is 4.91. The van der Waals surface area contributed by atoms with E-state index in [-0.39, 0.29) is 28.8 Å². The summed E-state index contributed by atoms with van der Waals surface area (Å²) in [6, 6.07) is 3.58. The van der Waals surface area contributed by atoms with Gasteiger partial charge in [0.05, 0.1) is 5.56 Å².